The Balaban J connectivity index is 2.98. The minimum absolute atomic E-state index is 0.0126. The Kier molecular flexibility index (Phi) is 4.75. The van der Waals surface area contributed by atoms with Crippen LogP contribution in [0.3, 0.4) is 0 Å². The van der Waals surface area contributed by atoms with Crippen molar-refractivity contribution in [2.75, 3.05) is 19.0 Å². The summed E-state index contributed by atoms with van der Waals surface area (Å²) in [5, 5.41) is 13.4. The van der Waals surface area contributed by atoms with Gasteiger partial charge in [0.1, 0.15) is 0 Å². The molecule has 1 amide bonds. The van der Waals surface area contributed by atoms with E-state index in [1.54, 1.807) is 0 Å². The summed E-state index contributed by atoms with van der Waals surface area (Å²) >= 11 is 0. The number of pyridine rings is 1. The molecule has 0 aliphatic rings. The number of carbonyl (C=O) groups excluding carboxylic acids is 2. The van der Waals surface area contributed by atoms with Gasteiger partial charge in [0.05, 0.1) is 12.0 Å². The highest BCUT2D eigenvalue weighted by atomic mass is 16.6. The standard InChI is InChI=1S/C10H12N4O5/c1-19-10(16)6-2-3-7(14(17)18)9(13-6)12-5-4-8(11)15/h2-3H,4-5H2,1H3,(H2,11,15)(H,12,13). The lowest BCUT2D eigenvalue weighted by Crippen LogP contribution is -2.17. The zero-order chi connectivity index (χ0) is 14.4. The van der Waals surface area contributed by atoms with Gasteiger partial charge >= 0.3 is 11.7 Å². The molecule has 0 unspecified atom stereocenters. The third kappa shape index (κ3) is 3.91. The van der Waals surface area contributed by atoms with Gasteiger partial charge in [-0.15, -0.1) is 0 Å². The van der Waals surface area contributed by atoms with E-state index in [1.807, 2.05) is 0 Å². The summed E-state index contributed by atoms with van der Waals surface area (Å²) in [6.07, 6.45) is -0.0126. The van der Waals surface area contributed by atoms with Gasteiger partial charge in [0.2, 0.25) is 11.7 Å². The number of hydrogen-bond acceptors (Lipinski definition) is 7. The molecule has 1 rings (SSSR count). The largest absolute Gasteiger partial charge is 0.464 e. The first-order chi connectivity index (χ1) is 8.95. The fourth-order valence-electron chi connectivity index (χ4n) is 1.25. The molecular formula is C10H12N4O5. The first-order valence-electron chi connectivity index (χ1n) is 5.21. The molecule has 9 heteroatoms. The van der Waals surface area contributed by atoms with E-state index in [4.69, 9.17) is 5.73 Å². The molecule has 0 bridgehead atoms. The Morgan fingerprint density at radius 1 is 1.53 bits per heavy atom. The molecular weight excluding hydrogens is 256 g/mol. The average molecular weight is 268 g/mol. The molecule has 3 N–H and O–H groups in total. The first kappa shape index (κ1) is 14.4. The van der Waals surface area contributed by atoms with Gasteiger partial charge in [0.25, 0.3) is 0 Å². The molecule has 0 spiro atoms. The van der Waals surface area contributed by atoms with Crippen molar-refractivity contribution in [2.24, 2.45) is 5.73 Å². The Morgan fingerprint density at radius 3 is 2.74 bits per heavy atom. The molecule has 19 heavy (non-hydrogen) atoms. The van der Waals surface area contributed by atoms with E-state index >= 15 is 0 Å². The highest BCUT2D eigenvalue weighted by Gasteiger charge is 2.18. The van der Waals surface area contributed by atoms with Gasteiger partial charge < -0.3 is 15.8 Å². The molecule has 102 valence electrons. The number of nitrogens with two attached hydrogens (primary N) is 1. The Labute approximate surface area is 107 Å². The summed E-state index contributed by atoms with van der Waals surface area (Å²) in [5.74, 6) is -1.39. The second-order valence-electron chi connectivity index (χ2n) is 3.46. The monoisotopic (exact) mass is 268 g/mol. The minimum Gasteiger partial charge on any atom is -0.464 e. The van der Waals surface area contributed by atoms with Crippen LogP contribution in [0.4, 0.5) is 11.5 Å². The van der Waals surface area contributed by atoms with Crippen molar-refractivity contribution in [3.8, 4) is 0 Å². The molecule has 0 aliphatic heterocycles. The van der Waals surface area contributed by atoms with Crippen molar-refractivity contribution in [1.82, 2.24) is 4.98 Å². The summed E-state index contributed by atoms with van der Waals surface area (Å²) < 4.78 is 4.46. The molecule has 1 heterocycles. The van der Waals surface area contributed by atoms with Gasteiger partial charge in [-0.25, -0.2) is 9.78 Å². The Hall–Kier alpha value is -2.71. The zero-order valence-corrected chi connectivity index (χ0v) is 10.1. The van der Waals surface area contributed by atoms with Crippen molar-refractivity contribution < 1.29 is 19.2 Å². The summed E-state index contributed by atoms with van der Waals surface area (Å²) in [5.41, 5.74) is 4.56. The SMILES string of the molecule is COC(=O)c1ccc([N+](=O)[O-])c(NCCC(N)=O)n1. The van der Waals surface area contributed by atoms with Crippen LogP contribution in [0.15, 0.2) is 12.1 Å². The summed E-state index contributed by atoms with van der Waals surface area (Å²) in [7, 11) is 1.17. The molecule has 0 fully saturated rings. The van der Waals surface area contributed by atoms with Crippen LogP contribution in [0.2, 0.25) is 0 Å². The van der Waals surface area contributed by atoms with Gasteiger partial charge in [-0.05, 0) is 6.07 Å². The molecule has 0 saturated heterocycles. The van der Waals surface area contributed by atoms with Crippen LogP contribution in [-0.2, 0) is 9.53 Å². The van der Waals surface area contributed by atoms with Crippen LogP contribution in [0.5, 0.6) is 0 Å². The van der Waals surface area contributed by atoms with E-state index in [-0.39, 0.29) is 30.2 Å². The van der Waals surface area contributed by atoms with E-state index in [9.17, 15) is 19.7 Å². The van der Waals surface area contributed by atoms with Crippen LogP contribution in [0.1, 0.15) is 16.9 Å². The fraction of sp³-hybridized carbons (Fsp3) is 0.300. The van der Waals surface area contributed by atoms with Crippen molar-refractivity contribution in [3.63, 3.8) is 0 Å². The number of nitro groups is 1. The lowest BCUT2D eigenvalue weighted by molar-refractivity contribution is -0.384. The Morgan fingerprint density at radius 2 is 2.21 bits per heavy atom. The number of rotatable bonds is 6. The van der Waals surface area contributed by atoms with Crippen LogP contribution in [0, 0.1) is 10.1 Å². The summed E-state index contributed by atoms with van der Waals surface area (Å²) in [4.78, 5) is 35.8. The quantitative estimate of drug-likeness (QED) is 0.422. The van der Waals surface area contributed by atoms with Gasteiger partial charge in [0, 0.05) is 19.0 Å². The third-order valence-electron chi connectivity index (χ3n) is 2.13. The topological polar surface area (TPSA) is 137 Å². The maximum absolute atomic E-state index is 11.3. The van der Waals surface area contributed by atoms with Gasteiger partial charge in [-0.1, -0.05) is 0 Å². The van der Waals surface area contributed by atoms with Gasteiger partial charge in [-0.2, -0.15) is 0 Å². The number of hydrogen-bond donors (Lipinski definition) is 2. The number of nitrogens with zero attached hydrogens (tertiary/aromatic N) is 2. The smallest absolute Gasteiger partial charge is 0.356 e. The molecule has 1 aromatic rings. The lowest BCUT2D eigenvalue weighted by atomic mass is 10.3. The van der Waals surface area contributed by atoms with Crippen LogP contribution in [-0.4, -0.2) is 35.4 Å². The van der Waals surface area contributed by atoms with Crippen molar-refractivity contribution in [2.45, 2.75) is 6.42 Å². The second kappa shape index (κ2) is 6.28. The molecule has 0 saturated carbocycles. The minimum atomic E-state index is -0.715. The number of amides is 1. The average Bonchev–Trinajstić information content (AvgIpc) is 2.37. The van der Waals surface area contributed by atoms with Gasteiger partial charge in [0.15, 0.2) is 5.69 Å². The number of primary amides is 1. The Bertz CT molecular complexity index is 517. The van der Waals surface area contributed by atoms with Gasteiger partial charge in [-0.3, -0.25) is 14.9 Å². The number of anilines is 1. The third-order valence-corrected chi connectivity index (χ3v) is 2.13. The van der Waals surface area contributed by atoms with E-state index in [2.05, 4.69) is 15.0 Å². The van der Waals surface area contributed by atoms with E-state index in [1.165, 1.54) is 13.2 Å². The van der Waals surface area contributed by atoms with Crippen molar-refractivity contribution in [1.29, 1.82) is 0 Å². The van der Waals surface area contributed by atoms with Crippen LogP contribution in [0.25, 0.3) is 0 Å². The summed E-state index contributed by atoms with van der Waals surface area (Å²) in [6.45, 7) is 0.0772. The number of esters is 1. The molecule has 0 radical (unpaired) electrons. The molecule has 0 atom stereocenters. The molecule has 0 aliphatic carbocycles. The molecule has 1 aromatic heterocycles. The lowest BCUT2D eigenvalue weighted by Gasteiger charge is -2.06. The highest BCUT2D eigenvalue weighted by molar-refractivity contribution is 5.88. The number of carbonyl (C=O) groups is 2. The van der Waals surface area contributed by atoms with Crippen molar-refractivity contribution in [3.05, 3.63) is 27.9 Å². The van der Waals surface area contributed by atoms with Crippen molar-refractivity contribution >= 4 is 23.4 Å². The predicted molar refractivity (Wildman–Crippen MR) is 64.5 cm³/mol. The van der Waals surface area contributed by atoms with E-state index in [0.717, 1.165) is 6.07 Å². The zero-order valence-electron chi connectivity index (χ0n) is 10.1. The van der Waals surface area contributed by atoms with E-state index in [0.29, 0.717) is 0 Å². The second-order valence-corrected chi connectivity index (χ2v) is 3.46. The number of ether oxygens (including phenoxy) is 1. The molecule has 9 nitrogen and oxygen atoms in total. The first-order valence-corrected chi connectivity index (χ1v) is 5.21. The van der Waals surface area contributed by atoms with E-state index < -0.39 is 16.8 Å². The summed E-state index contributed by atoms with van der Waals surface area (Å²) in [6, 6.07) is 2.31. The maximum Gasteiger partial charge on any atom is 0.356 e. The fourth-order valence-corrected chi connectivity index (χ4v) is 1.25. The number of nitrogens with one attached hydrogen (secondary N) is 1. The number of methoxy groups -OCH3 is 1. The van der Waals surface area contributed by atoms with Crippen LogP contribution >= 0.6 is 0 Å². The normalized spacial score (nSPS) is 9.74. The van der Waals surface area contributed by atoms with Crippen LogP contribution < -0.4 is 11.1 Å². The highest BCUT2D eigenvalue weighted by Crippen LogP contribution is 2.22. The maximum atomic E-state index is 11.3. The predicted octanol–water partition coefficient (Wildman–Crippen LogP) is 0.0637. The number of aromatic nitrogens is 1. The molecule has 0 aromatic carbocycles.